The van der Waals surface area contributed by atoms with Gasteiger partial charge in [0.25, 0.3) is 10.2 Å². The Labute approximate surface area is 203 Å². The summed E-state index contributed by atoms with van der Waals surface area (Å²) in [4.78, 5) is 18.1. The fourth-order valence-corrected chi connectivity index (χ4v) is 6.72. The Hall–Kier alpha value is -1.99. The molecular formula is C25H37N5O3S. The maximum Gasteiger partial charge on any atom is 0.274 e. The van der Waals surface area contributed by atoms with Gasteiger partial charge in [0.15, 0.2) is 0 Å². The minimum atomic E-state index is -3.81. The summed E-state index contributed by atoms with van der Waals surface area (Å²) in [5, 5.41) is 14.5. The Morgan fingerprint density at radius 1 is 1.21 bits per heavy atom. The first-order valence-corrected chi connectivity index (χ1v) is 14.0. The lowest BCUT2D eigenvalue weighted by Crippen LogP contribution is -2.58. The van der Waals surface area contributed by atoms with Crippen LogP contribution in [0.4, 0.5) is 0 Å². The highest BCUT2D eigenvalue weighted by Gasteiger charge is 2.49. The van der Waals surface area contributed by atoms with Gasteiger partial charge in [-0.3, -0.25) is 4.79 Å². The molecule has 1 aliphatic carbocycles. The standard InChI is InChI=1S/C25H37N5O3S/c1-18(2)20-4-6-22(7-5-20)29-12-9-25(10-13-29)23-8-3-19(16-26)15-21(23)17-30(24(25)31)14-11-28-34(27,32)33/h3,8,15,18,20,22,28H,4-7,9-14,17H2,1-2H3,(H2,27,32,33)/t20-,22+. The van der Waals surface area contributed by atoms with Crippen LogP contribution in [0.3, 0.4) is 0 Å². The van der Waals surface area contributed by atoms with Crippen molar-refractivity contribution in [1.29, 1.82) is 5.26 Å². The number of likely N-dealkylation sites (tertiary alicyclic amines) is 1. The lowest BCUT2D eigenvalue weighted by molar-refractivity contribution is -0.142. The van der Waals surface area contributed by atoms with E-state index in [1.807, 2.05) is 18.2 Å². The molecule has 1 saturated carbocycles. The molecule has 0 aromatic heterocycles. The summed E-state index contributed by atoms with van der Waals surface area (Å²) in [5.41, 5.74) is 1.98. The molecule has 2 aliphatic heterocycles. The molecule has 1 aromatic rings. The summed E-state index contributed by atoms with van der Waals surface area (Å²) in [6, 6.07) is 8.45. The van der Waals surface area contributed by atoms with Gasteiger partial charge in [0, 0.05) is 25.7 Å². The Morgan fingerprint density at radius 2 is 1.88 bits per heavy atom. The Balaban J connectivity index is 1.51. The Morgan fingerprint density at radius 3 is 2.47 bits per heavy atom. The summed E-state index contributed by atoms with van der Waals surface area (Å²) in [7, 11) is -3.81. The van der Waals surface area contributed by atoms with Crippen LogP contribution in [-0.4, -0.2) is 56.3 Å². The zero-order valence-electron chi connectivity index (χ0n) is 20.3. The number of carbonyl (C=O) groups is 1. The van der Waals surface area contributed by atoms with Crippen LogP contribution in [0.25, 0.3) is 0 Å². The van der Waals surface area contributed by atoms with E-state index in [-0.39, 0.29) is 19.0 Å². The fourth-order valence-electron chi connectivity index (χ4n) is 6.35. The van der Waals surface area contributed by atoms with E-state index in [4.69, 9.17) is 5.14 Å². The highest BCUT2D eigenvalue weighted by molar-refractivity contribution is 7.87. The third-order valence-corrected chi connectivity index (χ3v) is 8.95. The molecule has 0 bridgehead atoms. The number of hydrogen-bond donors (Lipinski definition) is 2. The Kier molecular flexibility index (Phi) is 7.34. The van der Waals surface area contributed by atoms with Gasteiger partial charge in [-0.15, -0.1) is 0 Å². The van der Waals surface area contributed by atoms with E-state index in [9.17, 15) is 18.5 Å². The number of piperidine rings is 1. The van der Waals surface area contributed by atoms with Gasteiger partial charge in [0.1, 0.15) is 0 Å². The molecule has 2 heterocycles. The van der Waals surface area contributed by atoms with Crippen molar-refractivity contribution >= 4 is 16.1 Å². The van der Waals surface area contributed by atoms with Crippen LogP contribution >= 0.6 is 0 Å². The molecule has 1 saturated heterocycles. The first-order chi connectivity index (χ1) is 16.1. The van der Waals surface area contributed by atoms with E-state index in [1.165, 1.54) is 25.7 Å². The first kappa shape index (κ1) is 25.1. The molecule has 0 atom stereocenters. The number of benzene rings is 1. The van der Waals surface area contributed by atoms with Crippen LogP contribution in [0.1, 0.15) is 69.1 Å². The summed E-state index contributed by atoms with van der Waals surface area (Å²) < 4.78 is 24.9. The average molecular weight is 488 g/mol. The van der Waals surface area contributed by atoms with Crippen LogP contribution in [0, 0.1) is 23.2 Å². The minimum Gasteiger partial charge on any atom is -0.336 e. The monoisotopic (exact) mass is 487 g/mol. The van der Waals surface area contributed by atoms with Gasteiger partial charge in [-0.1, -0.05) is 19.9 Å². The van der Waals surface area contributed by atoms with Gasteiger partial charge >= 0.3 is 0 Å². The molecule has 9 heteroatoms. The molecule has 0 unspecified atom stereocenters. The van der Waals surface area contributed by atoms with Gasteiger partial charge in [0.2, 0.25) is 5.91 Å². The number of carbonyl (C=O) groups excluding carboxylic acids is 1. The molecule has 1 spiro atoms. The molecule has 2 fully saturated rings. The highest BCUT2D eigenvalue weighted by Crippen LogP contribution is 2.44. The number of rotatable bonds is 6. The molecule has 3 aliphatic rings. The van der Waals surface area contributed by atoms with Crippen molar-refractivity contribution < 1.29 is 13.2 Å². The summed E-state index contributed by atoms with van der Waals surface area (Å²) in [6.45, 7) is 7.10. The van der Waals surface area contributed by atoms with Crippen molar-refractivity contribution in [3.63, 3.8) is 0 Å². The lowest BCUT2D eigenvalue weighted by Gasteiger charge is -2.49. The predicted molar refractivity (Wildman–Crippen MR) is 131 cm³/mol. The number of hydrogen-bond acceptors (Lipinski definition) is 5. The molecular weight excluding hydrogens is 450 g/mol. The third-order valence-electron chi connectivity index (χ3n) is 8.34. The molecule has 8 nitrogen and oxygen atoms in total. The number of nitriles is 1. The number of nitrogens with one attached hydrogen (secondary N) is 1. The van der Waals surface area contributed by atoms with Crippen molar-refractivity contribution in [2.24, 2.45) is 17.0 Å². The fraction of sp³-hybridized carbons (Fsp3) is 0.680. The van der Waals surface area contributed by atoms with Crippen LogP contribution in [0.2, 0.25) is 0 Å². The molecule has 0 radical (unpaired) electrons. The molecule has 1 amide bonds. The highest BCUT2D eigenvalue weighted by atomic mass is 32.2. The van der Waals surface area contributed by atoms with Crippen molar-refractivity contribution in [2.45, 2.75) is 70.4 Å². The maximum absolute atomic E-state index is 13.8. The Bertz CT molecular complexity index is 1050. The van der Waals surface area contributed by atoms with Crippen molar-refractivity contribution in [3.8, 4) is 6.07 Å². The summed E-state index contributed by atoms with van der Waals surface area (Å²) >= 11 is 0. The van der Waals surface area contributed by atoms with E-state index >= 15 is 0 Å². The smallest absolute Gasteiger partial charge is 0.274 e. The molecule has 4 rings (SSSR count). The van der Waals surface area contributed by atoms with E-state index in [2.05, 4.69) is 29.5 Å². The number of nitrogens with two attached hydrogens (primary N) is 1. The zero-order chi connectivity index (χ0) is 24.5. The molecule has 34 heavy (non-hydrogen) atoms. The van der Waals surface area contributed by atoms with Crippen LogP contribution < -0.4 is 9.86 Å². The van der Waals surface area contributed by atoms with Crippen LogP contribution in [-0.2, 0) is 27.0 Å². The van der Waals surface area contributed by atoms with Gasteiger partial charge in [-0.25, -0.2) is 9.86 Å². The predicted octanol–water partition coefficient (Wildman–Crippen LogP) is 2.24. The van der Waals surface area contributed by atoms with E-state index in [0.717, 1.165) is 48.9 Å². The van der Waals surface area contributed by atoms with E-state index in [0.29, 0.717) is 18.2 Å². The zero-order valence-corrected chi connectivity index (χ0v) is 21.1. The summed E-state index contributed by atoms with van der Waals surface area (Å²) in [6.07, 6.45) is 6.53. The molecule has 1 aromatic carbocycles. The van der Waals surface area contributed by atoms with Crippen LogP contribution in [0.5, 0.6) is 0 Å². The van der Waals surface area contributed by atoms with Gasteiger partial charge in [-0.05, 0) is 86.7 Å². The largest absolute Gasteiger partial charge is 0.336 e. The van der Waals surface area contributed by atoms with Gasteiger partial charge in [0.05, 0.1) is 17.0 Å². The van der Waals surface area contributed by atoms with Gasteiger partial charge in [-0.2, -0.15) is 13.7 Å². The lowest BCUT2D eigenvalue weighted by atomic mass is 9.67. The maximum atomic E-state index is 13.8. The normalized spacial score (nSPS) is 25.4. The quantitative estimate of drug-likeness (QED) is 0.638. The number of fused-ring (bicyclic) bond motifs is 2. The summed E-state index contributed by atoms with van der Waals surface area (Å²) in [5.74, 6) is 1.63. The molecule has 186 valence electrons. The number of amides is 1. The van der Waals surface area contributed by atoms with Crippen LogP contribution in [0.15, 0.2) is 18.2 Å². The topological polar surface area (TPSA) is 120 Å². The van der Waals surface area contributed by atoms with Gasteiger partial charge < -0.3 is 9.80 Å². The second-order valence-corrected chi connectivity index (χ2v) is 12.0. The number of nitrogens with zero attached hydrogens (tertiary/aromatic N) is 3. The third kappa shape index (κ3) is 5.15. The first-order valence-electron chi connectivity index (χ1n) is 12.5. The van der Waals surface area contributed by atoms with Crippen molar-refractivity contribution in [2.75, 3.05) is 26.2 Å². The SMILES string of the molecule is CC(C)[C@H]1CC[C@@H](N2CCC3(CC2)C(=O)N(CCNS(N)(=O)=O)Cc2cc(C#N)ccc23)CC1. The minimum absolute atomic E-state index is 0.0593. The van der Waals surface area contributed by atoms with E-state index in [1.54, 1.807) is 4.90 Å². The average Bonchev–Trinajstić information content (AvgIpc) is 2.81. The van der Waals surface area contributed by atoms with Crippen molar-refractivity contribution in [3.05, 3.63) is 34.9 Å². The second kappa shape index (κ2) is 9.94. The molecule has 3 N–H and O–H groups in total. The van der Waals surface area contributed by atoms with E-state index < -0.39 is 15.6 Å². The second-order valence-electron chi connectivity index (χ2n) is 10.6. The van der Waals surface area contributed by atoms with Crippen molar-refractivity contribution in [1.82, 2.24) is 14.5 Å².